The molecule has 0 saturated carbocycles. The van der Waals surface area contributed by atoms with Gasteiger partial charge in [-0.1, -0.05) is 12.1 Å². The minimum absolute atomic E-state index is 0.107. The molecule has 0 aliphatic carbocycles. The molecule has 8 heteroatoms. The number of benzene rings is 1. The molecule has 0 aromatic heterocycles. The van der Waals surface area contributed by atoms with E-state index in [9.17, 15) is 14.4 Å². The number of fused-ring (bicyclic) bond motifs is 1. The lowest BCUT2D eigenvalue weighted by Crippen LogP contribution is -2.58. The Kier molecular flexibility index (Phi) is 4.14. The van der Waals surface area contributed by atoms with Crippen LogP contribution in [0.25, 0.3) is 0 Å². The molecule has 2 aliphatic rings. The van der Waals surface area contributed by atoms with Gasteiger partial charge in [0.25, 0.3) is 11.8 Å². The molecule has 1 fully saturated rings. The van der Waals surface area contributed by atoms with Gasteiger partial charge in [0.2, 0.25) is 5.91 Å². The van der Waals surface area contributed by atoms with Crippen LogP contribution in [0.2, 0.25) is 0 Å². The van der Waals surface area contributed by atoms with Gasteiger partial charge in [-0.05, 0) is 12.1 Å². The van der Waals surface area contributed by atoms with Gasteiger partial charge >= 0.3 is 0 Å². The molecular weight excluding hydrogens is 304 g/mol. The zero-order chi connectivity index (χ0) is 15.7. The molecule has 3 rings (SSSR count). The summed E-state index contributed by atoms with van der Waals surface area (Å²) in [5.41, 5.74) is 6.30. The maximum atomic E-state index is 12.2. The Bertz CT molecular complexity index is 601. The number of rotatable bonds is 4. The molecule has 1 aromatic carbocycles. The molecule has 116 valence electrons. The van der Waals surface area contributed by atoms with E-state index in [1.165, 1.54) is 16.7 Å². The van der Waals surface area contributed by atoms with Crippen molar-refractivity contribution in [1.82, 2.24) is 15.5 Å². The summed E-state index contributed by atoms with van der Waals surface area (Å²) in [6, 6.07) is 6.80. The highest BCUT2D eigenvalue weighted by molar-refractivity contribution is 7.99. The molecule has 1 saturated heterocycles. The van der Waals surface area contributed by atoms with Crippen LogP contribution < -0.4 is 16.4 Å². The number of nitrogens with one attached hydrogen (secondary N) is 2. The lowest BCUT2D eigenvalue weighted by Gasteiger charge is -2.29. The third-order valence-electron chi connectivity index (χ3n) is 3.54. The highest BCUT2D eigenvalue weighted by Crippen LogP contribution is 2.23. The molecule has 1 aromatic rings. The van der Waals surface area contributed by atoms with Crippen molar-refractivity contribution in [3.05, 3.63) is 35.4 Å². The Labute approximate surface area is 131 Å². The SMILES string of the molecule is NC1CC(=O)NC(SCCN2C(=O)c3ccccc3C2=O)N1. The molecule has 7 nitrogen and oxygen atoms in total. The van der Waals surface area contributed by atoms with Gasteiger partial charge in [-0.15, -0.1) is 11.8 Å². The maximum absolute atomic E-state index is 12.2. The minimum atomic E-state index is -0.370. The molecule has 2 heterocycles. The first-order valence-electron chi connectivity index (χ1n) is 6.94. The second-order valence-corrected chi connectivity index (χ2v) is 6.32. The molecule has 22 heavy (non-hydrogen) atoms. The Hall–Kier alpha value is -1.90. The van der Waals surface area contributed by atoms with E-state index in [0.717, 1.165) is 0 Å². The van der Waals surface area contributed by atoms with Crippen LogP contribution in [0.1, 0.15) is 27.1 Å². The number of carbonyl (C=O) groups is 3. The number of hydrogen-bond acceptors (Lipinski definition) is 6. The summed E-state index contributed by atoms with van der Waals surface area (Å²) in [7, 11) is 0. The lowest BCUT2D eigenvalue weighted by atomic mass is 10.1. The van der Waals surface area contributed by atoms with Crippen LogP contribution >= 0.6 is 11.8 Å². The van der Waals surface area contributed by atoms with Crippen molar-refractivity contribution in [2.45, 2.75) is 18.1 Å². The van der Waals surface area contributed by atoms with Crippen molar-refractivity contribution < 1.29 is 14.4 Å². The molecule has 2 aliphatic heterocycles. The van der Waals surface area contributed by atoms with Crippen molar-refractivity contribution in [2.75, 3.05) is 12.3 Å². The average Bonchev–Trinajstić information content (AvgIpc) is 2.72. The number of carbonyl (C=O) groups excluding carboxylic acids is 3. The van der Waals surface area contributed by atoms with Gasteiger partial charge in [0, 0.05) is 12.3 Å². The Morgan fingerprint density at radius 2 is 1.82 bits per heavy atom. The van der Waals surface area contributed by atoms with E-state index >= 15 is 0 Å². The third kappa shape index (κ3) is 2.85. The third-order valence-corrected chi connectivity index (χ3v) is 4.55. The predicted octanol–water partition coefficient (Wildman–Crippen LogP) is -0.306. The van der Waals surface area contributed by atoms with Crippen molar-refractivity contribution in [3.8, 4) is 0 Å². The quantitative estimate of drug-likeness (QED) is 0.658. The summed E-state index contributed by atoms with van der Waals surface area (Å²) < 4.78 is 0. The number of thioether (sulfide) groups is 1. The van der Waals surface area contributed by atoms with E-state index in [-0.39, 0.29) is 35.8 Å². The summed E-state index contributed by atoms with van der Waals surface area (Å²) in [5, 5.41) is 5.79. The monoisotopic (exact) mass is 320 g/mol. The average molecular weight is 320 g/mol. The van der Waals surface area contributed by atoms with Gasteiger partial charge in [0.15, 0.2) is 0 Å². The van der Waals surface area contributed by atoms with Crippen LogP contribution in [-0.2, 0) is 4.79 Å². The number of imide groups is 1. The predicted molar refractivity (Wildman–Crippen MR) is 81.9 cm³/mol. The molecule has 2 unspecified atom stereocenters. The zero-order valence-electron chi connectivity index (χ0n) is 11.7. The lowest BCUT2D eigenvalue weighted by molar-refractivity contribution is -0.123. The van der Waals surface area contributed by atoms with E-state index < -0.39 is 0 Å². The standard InChI is InChI=1S/C14H16N4O3S/c15-10-7-11(19)17-14(16-10)22-6-5-18-12(20)8-3-1-2-4-9(8)13(18)21/h1-4,10,14,16H,5-7,15H2,(H,17,19). The maximum Gasteiger partial charge on any atom is 0.261 e. The molecule has 4 N–H and O–H groups in total. The summed E-state index contributed by atoms with van der Waals surface area (Å²) >= 11 is 1.41. The molecular formula is C14H16N4O3S. The topological polar surface area (TPSA) is 105 Å². The fourth-order valence-electron chi connectivity index (χ4n) is 2.49. The smallest absolute Gasteiger partial charge is 0.261 e. The van der Waals surface area contributed by atoms with Gasteiger partial charge in [-0.2, -0.15) is 0 Å². The Morgan fingerprint density at radius 3 is 2.41 bits per heavy atom. The number of nitrogens with two attached hydrogens (primary N) is 1. The van der Waals surface area contributed by atoms with E-state index in [2.05, 4.69) is 10.6 Å². The van der Waals surface area contributed by atoms with Crippen molar-refractivity contribution in [1.29, 1.82) is 0 Å². The molecule has 0 bridgehead atoms. The van der Waals surface area contributed by atoms with E-state index in [0.29, 0.717) is 23.4 Å². The molecule has 0 spiro atoms. The minimum Gasteiger partial charge on any atom is -0.332 e. The summed E-state index contributed by atoms with van der Waals surface area (Å²) in [4.78, 5) is 37.0. The van der Waals surface area contributed by atoms with Crippen molar-refractivity contribution in [3.63, 3.8) is 0 Å². The van der Waals surface area contributed by atoms with Crippen molar-refractivity contribution >= 4 is 29.5 Å². The normalized spacial score (nSPS) is 24.4. The van der Waals surface area contributed by atoms with Crippen LogP contribution in [0.3, 0.4) is 0 Å². The van der Waals surface area contributed by atoms with E-state index in [4.69, 9.17) is 5.73 Å². The van der Waals surface area contributed by atoms with Crippen molar-refractivity contribution in [2.24, 2.45) is 5.73 Å². The highest BCUT2D eigenvalue weighted by Gasteiger charge is 2.34. The Balaban J connectivity index is 1.56. The molecule has 0 radical (unpaired) electrons. The first-order valence-corrected chi connectivity index (χ1v) is 7.99. The second-order valence-electron chi connectivity index (χ2n) is 5.10. The van der Waals surface area contributed by atoms with Gasteiger partial charge in [-0.3, -0.25) is 24.6 Å². The van der Waals surface area contributed by atoms with Gasteiger partial charge in [-0.25, -0.2) is 0 Å². The highest BCUT2D eigenvalue weighted by atomic mass is 32.2. The zero-order valence-corrected chi connectivity index (χ0v) is 12.6. The summed E-state index contributed by atoms with van der Waals surface area (Å²) in [5.74, 6) is -0.127. The molecule has 3 amide bonds. The first-order chi connectivity index (χ1) is 10.6. The van der Waals surface area contributed by atoms with Gasteiger partial charge in [0.1, 0.15) is 5.50 Å². The largest absolute Gasteiger partial charge is 0.332 e. The van der Waals surface area contributed by atoms with E-state index in [1.807, 2.05) is 0 Å². The summed E-state index contributed by atoms with van der Waals surface area (Å²) in [6.45, 7) is 0.292. The van der Waals surface area contributed by atoms with Crippen LogP contribution in [0, 0.1) is 0 Å². The second kappa shape index (κ2) is 6.07. The fourth-order valence-corrected chi connectivity index (χ4v) is 3.50. The van der Waals surface area contributed by atoms with E-state index in [1.54, 1.807) is 24.3 Å². The van der Waals surface area contributed by atoms with Crippen LogP contribution in [-0.4, -0.2) is 46.6 Å². The van der Waals surface area contributed by atoms with Gasteiger partial charge < -0.3 is 11.1 Å². The van der Waals surface area contributed by atoms with Gasteiger partial charge in [0.05, 0.1) is 23.7 Å². The van der Waals surface area contributed by atoms with Crippen LogP contribution in [0.15, 0.2) is 24.3 Å². The Morgan fingerprint density at radius 1 is 1.18 bits per heavy atom. The van der Waals surface area contributed by atoms with Crippen LogP contribution in [0.5, 0.6) is 0 Å². The number of nitrogens with zero attached hydrogens (tertiary/aromatic N) is 1. The number of hydrogen-bond donors (Lipinski definition) is 3. The molecule has 2 atom stereocenters. The summed E-state index contributed by atoms with van der Waals surface area (Å²) in [6.07, 6.45) is -0.124. The fraction of sp³-hybridized carbons (Fsp3) is 0.357. The number of amides is 3. The first kappa shape index (κ1) is 15.0. The van der Waals surface area contributed by atoms with Crippen LogP contribution in [0.4, 0.5) is 0 Å².